The molecule has 1 saturated carbocycles. The van der Waals surface area contributed by atoms with Crippen LogP contribution in [0.2, 0.25) is 0 Å². The van der Waals surface area contributed by atoms with Crippen LogP contribution in [0.25, 0.3) is 0 Å². The Hall–Kier alpha value is -1.93. The molecule has 1 aliphatic carbocycles. The van der Waals surface area contributed by atoms with Crippen LogP contribution in [0.1, 0.15) is 36.4 Å². The molecule has 2 heterocycles. The van der Waals surface area contributed by atoms with E-state index in [4.69, 9.17) is 9.26 Å². The maximum atomic E-state index is 12.7. The molecule has 0 spiro atoms. The number of aromatic nitrogens is 2. The summed E-state index contributed by atoms with van der Waals surface area (Å²) in [5.74, 6) is 2.05. The highest BCUT2D eigenvalue weighted by atomic mass is 32.2. The number of ether oxygens (including phenoxy) is 1. The highest BCUT2D eigenvalue weighted by Crippen LogP contribution is 2.40. The molecule has 122 valence electrons. The Morgan fingerprint density at radius 2 is 1.96 bits per heavy atom. The molecule has 7 nitrogen and oxygen atoms in total. The fourth-order valence-corrected chi connectivity index (χ4v) is 4.37. The Kier molecular flexibility index (Phi) is 3.38. The number of hydrogen-bond donors (Lipinski definition) is 0. The van der Waals surface area contributed by atoms with Gasteiger partial charge in [-0.25, -0.2) is 8.42 Å². The smallest absolute Gasteiger partial charge is 0.246 e. The molecule has 0 amide bonds. The average Bonchev–Trinajstić information content (AvgIpc) is 3.25. The number of benzene rings is 1. The topological polar surface area (TPSA) is 85.5 Å². The van der Waals surface area contributed by atoms with Crippen molar-refractivity contribution in [3.05, 3.63) is 36.0 Å². The number of para-hydroxylation sites is 1. The summed E-state index contributed by atoms with van der Waals surface area (Å²) in [7, 11) is -2.10. The summed E-state index contributed by atoms with van der Waals surface area (Å²) in [5, 5.41) is 3.98. The molecule has 8 heteroatoms. The lowest BCUT2D eigenvalue weighted by Gasteiger charge is -2.36. The van der Waals surface area contributed by atoms with E-state index in [-0.39, 0.29) is 10.8 Å². The van der Waals surface area contributed by atoms with E-state index in [9.17, 15) is 8.42 Å². The van der Waals surface area contributed by atoms with Gasteiger partial charge in [-0.3, -0.25) is 0 Å². The quantitative estimate of drug-likeness (QED) is 0.827. The van der Waals surface area contributed by atoms with Gasteiger partial charge in [0.05, 0.1) is 13.0 Å². The standard InChI is InChI=1S/C15H17N3O4S/c1-21-12-4-2-3-5-13(12)23(19,20)18-8-11(9-18)15-16-14(17-22-15)10-6-7-10/h2-5,10-11H,6-9H2,1H3. The summed E-state index contributed by atoms with van der Waals surface area (Å²) in [6.07, 6.45) is 2.22. The lowest BCUT2D eigenvalue weighted by atomic mass is 10.0. The normalized spacial score (nSPS) is 19.5. The second-order valence-corrected chi connectivity index (χ2v) is 7.84. The van der Waals surface area contributed by atoms with Crippen LogP contribution in [0.15, 0.2) is 33.7 Å². The molecule has 0 unspecified atom stereocenters. The monoisotopic (exact) mass is 335 g/mol. The highest BCUT2D eigenvalue weighted by molar-refractivity contribution is 7.89. The average molecular weight is 335 g/mol. The van der Waals surface area contributed by atoms with Gasteiger partial charge >= 0.3 is 0 Å². The zero-order valence-corrected chi connectivity index (χ0v) is 13.5. The van der Waals surface area contributed by atoms with Gasteiger partial charge in [0.1, 0.15) is 10.6 Å². The molecule has 1 saturated heterocycles. The minimum atomic E-state index is -3.56. The van der Waals surface area contributed by atoms with Crippen LogP contribution in [0.5, 0.6) is 5.75 Å². The summed E-state index contributed by atoms with van der Waals surface area (Å²) in [4.78, 5) is 4.58. The highest BCUT2D eigenvalue weighted by Gasteiger charge is 2.42. The summed E-state index contributed by atoms with van der Waals surface area (Å²) in [6, 6.07) is 6.63. The Morgan fingerprint density at radius 3 is 2.65 bits per heavy atom. The summed E-state index contributed by atoms with van der Waals surface area (Å²) < 4.78 is 37.2. The summed E-state index contributed by atoms with van der Waals surface area (Å²) >= 11 is 0. The van der Waals surface area contributed by atoms with E-state index in [1.54, 1.807) is 24.3 Å². The minimum Gasteiger partial charge on any atom is -0.495 e. The fourth-order valence-electron chi connectivity index (χ4n) is 2.68. The third kappa shape index (κ3) is 2.51. The molecule has 2 aromatic rings. The van der Waals surface area contributed by atoms with Crippen molar-refractivity contribution in [2.45, 2.75) is 29.6 Å². The Bertz CT molecular complexity index is 823. The van der Waals surface area contributed by atoms with Crippen molar-refractivity contribution in [3.63, 3.8) is 0 Å². The lowest BCUT2D eigenvalue weighted by Crippen LogP contribution is -2.48. The second-order valence-electron chi connectivity index (χ2n) is 5.93. The maximum absolute atomic E-state index is 12.7. The van der Waals surface area contributed by atoms with E-state index in [2.05, 4.69) is 10.1 Å². The molecule has 1 aromatic carbocycles. The fraction of sp³-hybridized carbons (Fsp3) is 0.467. The van der Waals surface area contributed by atoms with Crippen LogP contribution in [0, 0.1) is 0 Å². The van der Waals surface area contributed by atoms with Crippen molar-refractivity contribution in [2.24, 2.45) is 0 Å². The van der Waals surface area contributed by atoms with Gasteiger partial charge in [0.15, 0.2) is 5.82 Å². The van der Waals surface area contributed by atoms with Gasteiger partial charge in [0.2, 0.25) is 15.9 Å². The molecule has 2 aliphatic rings. The molecule has 4 rings (SSSR count). The van der Waals surface area contributed by atoms with Gasteiger partial charge in [0.25, 0.3) is 0 Å². The van der Waals surface area contributed by atoms with Crippen LogP contribution in [0.3, 0.4) is 0 Å². The predicted molar refractivity (Wildman–Crippen MR) is 80.8 cm³/mol. The van der Waals surface area contributed by atoms with Gasteiger partial charge in [-0.05, 0) is 25.0 Å². The van der Waals surface area contributed by atoms with Crippen LogP contribution >= 0.6 is 0 Å². The first kappa shape index (κ1) is 14.6. The van der Waals surface area contributed by atoms with Crippen molar-refractivity contribution in [2.75, 3.05) is 20.2 Å². The first-order valence-electron chi connectivity index (χ1n) is 7.56. The first-order valence-corrected chi connectivity index (χ1v) is 9.00. The predicted octanol–water partition coefficient (Wildman–Crippen LogP) is 1.74. The first-order chi connectivity index (χ1) is 11.1. The molecular weight excluding hydrogens is 318 g/mol. The SMILES string of the molecule is COc1ccccc1S(=O)(=O)N1CC(c2nc(C3CC3)no2)C1. The Balaban J connectivity index is 1.49. The van der Waals surface area contributed by atoms with Crippen molar-refractivity contribution in [1.29, 1.82) is 0 Å². The Labute approximate surface area is 134 Å². The number of hydrogen-bond acceptors (Lipinski definition) is 6. The summed E-state index contributed by atoms with van der Waals surface area (Å²) in [5.41, 5.74) is 0. The van der Waals surface area contributed by atoms with Crippen LogP contribution < -0.4 is 4.74 Å². The molecule has 0 atom stereocenters. The van der Waals surface area contributed by atoms with Crippen LogP contribution in [-0.2, 0) is 10.0 Å². The van der Waals surface area contributed by atoms with Crippen molar-refractivity contribution in [1.82, 2.24) is 14.4 Å². The maximum Gasteiger partial charge on any atom is 0.246 e. The zero-order chi connectivity index (χ0) is 16.0. The van der Waals surface area contributed by atoms with Crippen molar-refractivity contribution in [3.8, 4) is 5.75 Å². The Morgan fingerprint density at radius 1 is 1.22 bits per heavy atom. The number of methoxy groups -OCH3 is 1. The summed E-state index contributed by atoms with van der Waals surface area (Å²) in [6.45, 7) is 0.708. The van der Waals surface area contributed by atoms with E-state index < -0.39 is 10.0 Å². The zero-order valence-electron chi connectivity index (χ0n) is 12.7. The molecule has 1 aromatic heterocycles. The molecule has 0 radical (unpaired) electrons. The lowest BCUT2D eigenvalue weighted by molar-refractivity contribution is 0.216. The van der Waals surface area contributed by atoms with Gasteiger partial charge in [-0.2, -0.15) is 9.29 Å². The van der Waals surface area contributed by atoms with E-state index in [0.29, 0.717) is 30.6 Å². The van der Waals surface area contributed by atoms with Crippen LogP contribution in [0.4, 0.5) is 0 Å². The van der Waals surface area contributed by atoms with Crippen molar-refractivity contribution >= 4 is 10.0 Å². The van der Waals surface area contributed by atoms with Crippen molar-refractivity contribution < 1.29 is 17.7 Å². The number of sulfonamides is 1. The molecule has 23 heavy (non-hydrogen) atoms. The molecule has 0 N–H and O–H groups in total. The van der Waals surface area contributed by atoms with E-state index in [0.717, 1.165) is 18.7 Å². The van der Waals surface area contributed by atoms with Gasteiger partial charge in [0, 0.05) is 19.0 Å². The largest absolute Gasteiger partial charge is 0.495 e. The number of nitrogens with zero attached hydrogens (tertiary/aromatic N) is 3. The third-order valence-electron chi connectivity index (χ3n) is 4.28. The minimum absolute atomic E-state index is 0.0283. The van der Waals surface area contributed by atoms with Gasteiger partial charge in [-0.1, -0.05) is 17.3 Å². The van der Waals surface area contributed by atoms with E-state index in [1.807, 2.05) is 0 Å². The van der Waals surface area contributed by atoms with Gasteiger partial charge < -0.3 is 9.26 Å². The van der Waals surface area contributed by atoms with E-state index >= 15 is 0 Å². The molecule has 2 fully saturated rings. The van der Waals surface area contributed by atoms with Gasteiger partial charge in [-0.15, -0.1) is 0 Å². The molecule has 0 bridgehead atoms. The van der Waals surface area contributed by atoms with E-state index in [1.165, 1.54) is 11.4 Å². The molecule has 1 aliphatic heterocycles. The third-order valence-corrected chi connectivity index (χ3v) is 6.16. The number of rotatable bonds is 5. The second kappa shape index (κ2) is 5.31. The molecular formula is C15H17N3O4S. The van der Waals surface area contributed by atoms with Crippen LogP contribution in [-0.4, -0.2) is 43.1 Å².